The minimum atomic E-state index is -1.24. The quantitative estimate of drug-likeness (QED) is 0.624. The standard InChI is InChI=1S/C17H20N2O5/c1-11-8-15(12(2)24-11)17(3,21)10-18-16(20)9-13-4-6-14(7-5-13)19(22)23/h4-8,21H,9-10H2,1-3H3,(H,18,20). The third-order valence-electron chi connectivity index (χ3n) is 3.76. The van der Waals surface area contributed by atoms with Crippen molar-refractivity contribution in [3.8, 4) is 0 Å². The maximum atomic E-state index is 12.0. The van der Waals surface area contributed by atoms with E-state index in [-0.39, 0.29) is 24.6 Å². The smallest absolute Gasteiger partial charge is 0.269 e. The van der Waals surface area contributed by atoms with E-state index < -0.39 is 10.5 Å². The Morgan fingerprint density at radius 2 is 1.96 bits per heavy atom. The highest BCUT2D eigenvalue weighted by Crippen LogP contribution is 2.26. The van der Waals surface area contributed by atoms with Crippen molar-refractivity contribution in [2.75, 3.05) is 6.54 Å². The van der Waals surface area contributed by atoms with Crippen molar-refractivity contribution in [1.82, 2.24) is 5.32 Å². The molecule has 2 rings (SSSR count). The molecule has 1 unspecified atom stereocenters. The largest absolute Gasteiger partial charge is 0.466 e. The molecule has 1 aromatic heterocycles. The first-order valence-corrected chi connectivity index (χ1v) is 7.49. The summed E-state index contributed by atoms with van der Waals surface area (Å²) in [4.78, 5) is 22.1. The topological polar surface area (TPSA) is 106 Å². The van der Waals surface area contributed by atoms with Gasteiger partial charge in [-0.1, -0.05) is 12.1 Å². The number of nitrogens with zero attached hydrogens (tertiary/aromatic N) is 1. The molecule has 0 bridgehead atoms. The Bertz CT molecular complexity index is 747. The van der Waals surface area contributed by atoms with Crippen LogP contribution in [0.25, 0.3) is 0 Å². The fourth-order valence-electron chi connectivity index (χ4n) is 2.51. The number of non-ortho nitro benzene ring substituents is 1. The van der Waals surface area contributed by atoms with Crippen molar-refractivity contribution in [2.24, 2.45) is 0 Å². The van der Waals surface area contributed by atoms with Crippen LogP contribution in [0.3, 0.4) is 0 Å². The van der Waals surface area contributed by atoms with Crippen LogP contribution < -0.4 is 5.32 Å². The average molecular weight is 332 g/mol. The summed E-state index contributed by atoms with van der Waals surface area (Å²) < 4.78 is 5.41. The first-order valence-electron chi connectivity index (χ1n) is 7.49. The highest BCUT2D eigenvalue weighted by Gasteiger charge is 2.28. The number of carbonyl (C=O) groups is 1. The van der Waals surface area contributed by atoms with Crippen LogP contribution in [0, 0.1) is 24.0 Å². The van der Waals surface area contributed by atoms with Gasteiger partial charge >= 0.3 is 0 Å². The number of furan rings is 1. The number of amides is 1. The fourth-order valence-corrected chi connectivity index (χ4v) is 2.51. The number of aryl methyl sites for hydroxylation is 2. The third kappa shape index (κ3) is 4.20. The molecule has 0 saturated heterocycles. The molecule has 128 valence electrons. The molecule has 0 spiro atoms. The van der Waals surface area contributed by atoms with E-state index in [1.54, 1.807) is 39.0 Å². The lowest BCUT2D eigenvalue weighted by Gasteiger charge is -2.23. The van der Waals surface area contributed by atoms with Gasteiger partial charge in [-0.2, -0.15) is 0 Å². The Balaban J connectivity index is 1.95. The Morgan fingerprint density at radius 1 is 1.33 bits per heavy atom. The fraction of sp³-hybridized carbons (Fsp3) is 0.353. The van der Waals surface area contributed by atoms with Gasteiger partial charge in [0.1, 0.15) is 17.1 Å². The summed E-state index contributed by atoms with van der Waals surface area (Å²) in [6.07, 6.45) is 0.0808. The zero-order valence-corrected chi connectivity index (χ0v) is 13.8. The molecule has 0 aliphatic heterocycles. The normalized spacial score (nSPS) is 13.3. The van der Waals surface area contributed by atoms with Crippen molar-refractivity contribution in [1.29, 1.82) is 0 Å². The van der Waals surface area contributed by atoms with Gasteiger partial charge in [-0.3, -0.25) is 14.9 Å². The minimum absolute atomic E-state index is 0.0205. The number of aliphatic hydroxyl groups is 1. The summed E-state index contributed by atoms with van der Waals surface area (Å²) in [5.41, 5.74) is 0.0316. The van der Waals surface area contributed by atoms with E-state index in [1.807, 2.05) is 0 Å². The van der Waals surface area contributed by atoms with Crippen molar-refractivity contribution in [3.05, 3.63) is 63.1 Å². The predicted molar refractivity (Wildman–Crippen MR) is 87.6 cm³/mol. The molecule has 0 aliphatic carbocycles. The molecule has 0 radical (unpaired) electrons. The van der Waals surface area contributed by atoms with Gasteiger partial charge < -0.3 is 14.8 Å². The maximum Gasteiger partial charge on any atom is 0.269 e. The van der Waals surface area contributed by atoms with E-state index in [1.165, 1.54) is 12.1 Å². The lowest BCUT2D eigenvalue weighted by molar-refractivity contribution is -0.384. The average Bonchev–Trinajstić information content (AvgIpc) is 2.85. The summed E-state index contributed by atoms with van der Waals surface area (Å²) in [6.45, 7) is 5.20. The van der Waals surface area contributed by atoms with E-state index in [9.17, 15) is 20.0 Å². The number of nitro benzene ring substituents is 1. The molecule has 2 aromatic rings. The van der Waals surface area contributed by atoms with Crippen LogP contribution in [-0.4, -0.2) is 22.5 Å². The highest BCUT2D eigenvalue weighted by molar-refractivity contribution is 5.78. The first kappa shape index (κ1) is 17.7. The van der Waals surface area contributed by atoms with Crippen LogP contribution in [0.4, 0.5) is 5.69 Å². The Labute approximate surface area is 139 Å². The summed E-state index contributed by atoms with van der Waals surface area (Å²) in [6, 6.07) is 7.55. The van der Waals surface area contributed by atoms with Gasteiger partial charge in [0, 0.05) is 17.7 Å². The molecule has 2 N–H and O–H groups in total. The van der Waals surface area contributed by atoms with Gasteiger partial charge in [-0.25, -0.2) is 0 Å². The van der Waals surface area contributed by atoms with Gasteiger partial charge in [0.2, 0.25) is 5.91 Å². The van der Waals surface area contributed by atoms with Crippen LogP contribution in [0.2, 0.25) is 0 Å². The van der Waals surface area contributed by atoms with Crippen LogP contribution in [0.1, 0.15) is 29.6 Å². The zero-order chi connectivity index (χ0) is 17.9. The number of nitrogens with one attached hydrogen (secondary N) is 1. The van der Waals surface area contributed by atoms with E-state index in [0.717, 1.165) is 0 Å². The van der Waals surface area contributed by atoms with E-state index in [2.05, 4.69) is 5.32 Å². The number of rotatable bonds is 6. The number of hydrogen-bond donors (Lipinski definition) is 2. The SMILES string of the molecule is Cc1cc(C(C)(O)CNC(=O)Cc2ccc([N+](=O)[O-])cc2)c(C)o1. The van der Waals surface area contributed by atoms with Crippen molar-refractivity contribution in [2.45, 2.75) is 32.8 Å². The van der Waals surface area contributed by atoms with Crippen molar-refractivity contribution in [3.63, 3.8) is 0 Å². The number of carbonyl (C=O) groups excluding carboxylic acids is 1. The van der Waals surface area contributed by atoms with Crippen LogP contribution in [-0.2, 0) is 16.8 Å². The Hall–Kier alpha value is -2.67. The predicted octanol–water partition coefficient (Wildman–Crippen LogP) is 2.37. The van der Waals surface area contributed by atoms with Crippen LogP contribution in [0.15, 0.2) is 34.7 Å². The Morgan fingerprint density at radius 3 is 2.46 bits per heavy atom. The van der Waals surface area contributed by atoms with Gasteiger partial charge in [0.05, 0.1) is 17.9 Å². The summed E-state index contributed by atoms with van der Waals surface area (Å²) in [5, 5.41) is 23.8. The molecule has 7 nitrogen and oxygen atoms in total. The van der Waals surface area contributed by atoms with E-state index >= 15 is 0 Å². The molecule has 1 atom stereocenters. The molecule has 1 aromatic carbocycles. The molecule has 7 heteroatoms. The molecule has 1 heterocycles. The van der Waals surface area contributed by atoms with E-state index in [4.69, 9.17) is 4.42 Å². The molecular weight excluding hydrogens is 312 g/mol. The zero-order valence-electron chi connectivity index (χ0n) is 13.8. The second-order valence-corrected chi connectivity index (χ2v) is 5.98. The number of nitro groups is 1. The summed E-state index contributed by atoms with van der Waals surface area (Å²) in [7, 11) is 0. The van der Waals surface area contributed by atoms with Gasteiger partial charge in [0.15, 0.2) is 0 Å². The summed E-state index contributed by atoms with van der Waals surface area (Å²) in [5.74, 6) is 1.03. The van der Waals surface area contributed by atoms with Crippen molar-refractivity contribution < 1.29 is 19.2 Å². The molecule has 0 fully saturated rings. The molecular formula is C17H20N2O5. The molecule has 0 saturated carbocycles. The lowest BCUT2D eigenvalue weighted by atomic mass is 9.96. The highest BCUT2D eigenvalue weighted by atomic mass is 16.6. The lowest BCUT2D eigenvalue weighted by Crippen LogP contribution is -2.39. The molecule has 0 aliphatic rings. The second-order valence-electron chi connectivity index (χ2n) is 5.98. The first-order chi connectivity index (χ1) is 11.2. The second kappa shape index (κ2) is 6.84. The van der Waals surface area contributed by atoms with E-state index in [0.29, 0.717) is 22.6 Å². The van der Waals surface area contributed by atoms with Gasteiger partial charge in [-0.15, -0.1) is 0 Å². The van der Waals surface area contributed by atoms with Crippen LogP contribution >= 0.6 is 0 Å². The van der Waals surface area contributed by atoms with Gasteiger partial charge in [0.25, 0.3) is 5.69 Å². The molecule has 1 amide bonds. The Kier molecular flexibility index (Phi) is 5.04. The maximum absolute atomic E-state index is 12.0. The molecule has 24 heavy (non-hydrogen) atoms. The van der Waals surface area contributed by atoms with Crippen molar-refractivity contribution >= 4 is 11.6 Å². The summed E-state index contributed by atoms with van der Waals surface area (Å²) >= 11 is 0. The minimum Gasteiger partial charge on any atom is -0.466 e. The number of hydrogen-bond acceptors (Lipinski definition) is 5. The van der Waals surface area contributed by atoms with Gasteiger partial charge in [-0.05, 0) is 32.4 Å². The van der Waals surface area contributed by atoms with Crippen LogP contribution in [0.5, 0.6) is 0 Å². The number of benzene rings is 1. The third-order valence-corrected chi connectivity index (χ3v) is 3.76. The monoisotopic (exact) mass is 332 g/mol.